The van der Waals surface area contributed by atoms with E-state index in [1.54, 1.807) is 7.05 Å². The maximum atomic E-state index is 11.0. The van der Waals surface area contributed by atoms with Crippen LogP contribution in [0.25, 0.3) is 0 Å². The molecule has 0 aromatic rings. The molecule has 0 bridgehead atoms. The van der Waals surface area contributed by atoms with E-state index in [1.165, 1.54) is 0 Å². The minimum Gasteiger partial charge on any atom is -0.359 e. The number of amides is 1. The summed E-state index contributed by atoms with van der Waals surface area (Å²) >= 11 is 0. The molecule has 0 unspecified atom stereocenters. The van der Waals surface area contributed by atoms with Crippen molar-refractivity contribution in [1.82, 2.24) is 10.6 Å². The molecule has 0 radical (unpaired) electrons. The topological polar surface area (TPSA) is 41.1 Å². The maximum Gasteiger partial charge on any atom is 0.222 e. The Bertz CT molecular complexity index is 124. The first-order chi connectivity index (χ1) is 4.84. The molecule has 1 saturated heterocycles. The third-order valence-corrected chi connectivity index (χ3v) is 1.96. The van der Waals surface area contributed by atoms with Crippen molar-refractivity contribution in [1.29, 1.82) is 0 Å². The SMILES string of the molecule is CNC(=O)C1CCNCC1.[HH]. The first-order valence-electron chi connectivity index (χ1n) is 3.77. The van der Waals surface area contributed by atoms with Gasteiger partial charge in [0, 0.05) is 14.4 Å². The van der Waals surface area contributed by atoms with E-state index in [1.807, 2.05) is 0 Å². The van der Waals surface area contributed by atoms with E-state index in [4.69, 9.17) is 0 Å². The zero-order valence-electron chi connectivity index (χ0n) is 6.31. The zero-order valence-corrected chi connectivity index (χ0v) is 6.31. The fraction of sp³-hybridized carbons (Fsp3) is 0.857. The van der Waals surface area contributed by atoms with Crippen molar-refractivity contribution in [3.63, 3.8) is 0 Å². The lowest BCUT2D eigenvalue weighted by atomic mass is 9.97. The van der Waals surface area contributed by atoms with Crippen molar-refractivity contribution in [3.05, 3.63) is 0 Å². The van der Waals surface area contributed by atoms with Crippen LogP contribution in [0.5, 0.6) is 0 Å². The lowest BCUT2D eigenvalue weighted by Crippen LogP contribution is -2.36. The van der Waals surface area contributed by atoms with Gasteiger partial charge in [0.25, 0.3) is 0 Å². The maximum absolute atomic E-state index is 11.0. The van der Waals surface area contributed by atoms with E-state index in [0.29, 0.717) is 0 Å². The molecule has 1 rings (SSSR count). The van der Waals surface area contributed by atoms with Crippen molar-refractivity contribution >= 4 is 5.91 Å². The van der Waals surface area contributed by atoms with E-state index in [-0.39, 0.29) is 13.3 Å². The minimum absolute atomic E-state index is 0. The molecule has 1 aliphatic heterocycles. The highest BCUT2D eigenvalue weighted by molar-refractivity contribution is 5.78. The first-order valence-corrected chi connectivity index (χ1v) is 3.77. The molecular formula is C7H16N2O. The molecule has 0 saturated carbocycles. The number of carbonyl (C=O) groups is 1. The lowest BCUT2D eigenvalue weighted by molar-refractivity contribution is -0.125. The Morgan fingerprint density at radius 1 is 1.60 bits per heavy atom. The molecule has 10 heavy (non-hydrogen) atoms. The lowest BCUT2D eigenvalue weighted by Gasteiger charge is -2.20. The van der Waals surface area contributed by atoms with Gasteiger partial charge in [0.05, 0.1) is 0 Å². The van der Waals surface area contributed by atoms with Gasteiger partial charge in [-0.3, -0.25) is 4.79 Å². The second kappa shape index (κ2) is 3.56. The Hall–Kier alpha value is -0.570. The average molecular weight is 144 g/mol. The van der Waals surface area contributed by atoms with Gasteiger partial charge in [0.2, 0.25) is 5.91 Å². The third kappa shape index (κ3) is 1.70. The molecule has 0 atom stereocenters. The van der Waals surface area contributed by atoms with Crippen LogP contribution in [0.1, 0.15) is 14.3 Å². The molecule has 0 aliphatic carbocycles. The Morgan fingerprint density at radius 3 is 2.70 bits per heavy atom. The van der Waals surface area contributed by atoms with Crippen LogP contribution in [0.15, 0.2) is 0 Å². The molecule has 1 heterocycles. The van der Waals surface area contributed by atoms with Gasteiger partial charge in [-0.25, -0.2) is 0 Å². The molecule has 1 amide bonds. The summed E-state index contributed by atoms with van der Waals surface area (Å²) in [7, 11) is 1.70. The van der Waals surface area contributed by atoms with E-state index < -0.39 is 0 Å². The highest BCUT2D eigenvalue weighted by atomic mass is 16.1. The summed E-state index contributed by atoms with van der Waals surface area (Å²) in [6.07, 6.45) is 1.97. The van der Waals surface area contributed by atoms with Crippen LogP contribution in [0.4, 0.5) is 0 Å². The molecular weight excluding hydrogens is 128 g/mol. The smallest absolute Gasteiger partial charge is 0.222 e. The van der Waals surface area contributed by atoms with Crippen LogP contribution >= 0.6 is 0 Å². The summed E-state index contributed by atoms with van der Waals surface area (Å²) in [5.41, 5.74) is 0. The summed E-state index contributed by atoms with van der Waals surface area (Å²) in [4.78, 5) is 11.0. The van der Waals surface area contributed by atoms with Crippen LogP contribution in [-0.4, -0.2) is 26.0 Å². The molecule has 1 fully saturated rings. The highest BCUT2D eigenvalue weighted by Gasteiger charge is 2.18. The molecule has 60 valence electrons. The normalized spacial score (nSPS) is 20.5. The van der Waals surface area contributed by atoms with Crippen LogP contribution < -0.4 is 10.6 Å². The van der Waals surface area contributed by atoms with Crippen molar-refractivity contribution in [2.75, 3.05) is 20.1 Å². The molecule has 1 aliphatic rings. The van der Waals surface area contributed by atoms with Crippen LogP contribution in [0.3, 0.4) is 0 Å². The monoisotopic (exact) mass is 144 g/mol. The van der Waals surface area contributed by atoms with Gasteiger partial charge in [-0.1, -0.05) is 0 Å². The molecule has 3 heteroatoms. The van der Waals surface area contributed by atoms with Gasteiger partial charge >= 0.3 is 0 Å². The van der Waals surface area contributed by atoms with E-state index in [9.17, 15) is 4.79 Å². The van der Waals surface area contributed by atoms with E-state index in [0.717, 1.165) is 25.9 Å². The van der Waals surface area contributed by atoms with Gasteiger partial charge in [-0.15, -0.1) is 0 Å². The van der Waals surface area contributed by atoms with Gasteiger partial charge in [-0.2, -0.15) is 0 Å². The molecule has 2 N–H and O–H groups in total. The van der Waals surface area contributed by atoms with Gasteiger partial charge in [0.1, 0.15) is 0 Å². The molecule has 0 aromatic carbocycles. The second-order valence-electron chi connectivity index (χ2n) is 2.64. The summed E-state index contributed by atoms with van der Waals surface area (Å²) in [5.74, 6) is 0.452. The number of piperidine rings is 1. The van der Waals surface area contributed by atoms with Crippen molar-refractivity contribution in [2.45, 2.75) is 12.8 Å². The minimum atomic E-state index is 0. The summed E-state index contributed by atoms with van der Waals surface area (Å²) in [6.45, 7) is 1.97. The van der Waals surface area contributed by atoms with E-state index >= 15 is 0 Å². The summed E-state index contributed by atoms with van der Waals surface area (Å²) in [5, 5.41) is 5.88. The Labute approximate surface area is 62.7 Å². The average Bonchev–Trinajstić information content (AvgIpc) is 2.05. The van der Waals surface area contributed by atoms with Gasteiger partial charge in [-0.05, 0) is 25.9 Å². The quantitative estimate of drug-likeness (QED) is 0.543. The molecule has 0 spiro atoms. The van der Waals surface area contributed by atoms with Crippen molar-refractivity contribution in [2.24, 2.45) is 5.92 Å². The highest BCUT2D eigenvalue weighted by Crippen LogP contribution is 2.10. The summed E-state index contributed by atoms with van der Waals surface area (Å²) in [6, 6.07) is 0. The number of carbonyl (C=O) groups excluding carboxylic acids is 1. The number of hydrogen-bond donors (Lipinski definition) is 2. The van der Waals surface area contributed by atoms with Crippen LogP contribution in [0.2, 0.25) is 0 Å². The van der Waals surface area contributed by atoms with E-state index in [2.05, 4.69) is 10.6 Å². The molecule has 3 nitrogen and oxygen atoms in total. The number of hydrogen-bond acceptors (Lipinski definition) is 2. The number of rotatable bonds is 1. The fourth-order valence-electron chi connectivity index (χ4n) is 1.29. The van der Waals surface area contributed by atoms with Crippen LogP contribution in [-0.2, 0) is 4.79 Å². The van der Waals surface area contributed by atoms with Gasteiger partial charge in [0.15, 0.2) is 0 Å². The van der Waals surface area contributed by atoms with Crippen molar-refractivity contribution < 1.29 is 6.22 Å². The Kier molecular flexibility index (Phi) is 2.68. The van der Waals surface area contributed by atoms with Gasteiger partial charge < -0.3 is 10.6 Å². The first kappa shape index (κ1) is 7.54. The van der Waals surface area contributed by atoms with Crippen LogP contribution in [0, 0.1) is 5.92 Å². The Morgan fingerprint density at radius 2 is 2.20 bits per heavy atom. The predicted octanol–water partition coefficient (Wildman–Crippen LogP) is -0.0220. The fourth-order valence-corrected chi connectivity index (χ4v) is 1.29. The standard InChI is InChI=1S/C7H14N2O.H2/c1-8-7(10)6-2-4-9-5-3-6;/h6,9H,2-5H2,1H3,(H,8,10);1H. The Balaban J connectivity index is 0.000001000. The largest absolute Gasteiger partial charge is 0.359 e. The number of nitrogens with one attached hydrogen (secondary N) is 2. The molecule has 0 aromatic heterocycles. The predicted molar refractivity (Wildman–Crippen MR) is 41.8 cm³/mol. The second-order valence-corrected chi connectivity index (χ2v) is 2.64. The van der Waals surface area contributed by atoms with Crippen molar-refractivity contribution in [3.8, 4) is 0 Å². The third-order valence-electron chi connectivity index (χ3n) is 1.96. The zero-order chi connectivity index (χ0) is 7.40. The summed E-state index contributed by atoms with van der Waals surface area (Å²) < 4.78 is 0.